The van der Waals surface area contributed by atoms with Gasteiger partial charge in [-0.1, -0.05) is 18.2 Å². The molecule has 0 bridgehead atoms. The van der Waals surface area contributed by atoms with Crippen molar-refractivity contribution in [3.05, 3.63) is 47.9 Å². The molecule has 1 aliphatic rings. The van der Waals surface area contributed by atoms with E-state index in [2.05, 4.69) is 39.1 Å². The van der Waals surface area contributed by atoms with Crippen LogP contribution in [0, 0.1) is 0 Å². The Morgan fingerprint density at radius 2 is 2.11 bits per heavy atom. The number of hydrogen-bond donors (Lipinski definition) is 0. The van der Waals surface area contributed by atoms with Crippen molar-refractivity contribution in [2.45, 2.75) is 25.1 Å². The van der Waals surface area contributed by atoms with E-state index in [-0.39, 0.29) is 0 Å². The van der Waals surface area contributed by atoms with Gasteiger partial charge in [0.15, 0.2) is 0 Å². The minimum absolute atomic E-state index is 0.439. The smallest absolute Gasteiger partial charge is 0.140 e. The van der Waals surface area contributed by atoms with E-state index in [0.29, 0.717) is 5.88 Å². The molecule has 0 N–H and O–H groups in total. The highest BCUT2D eigenvalue weighted by Crippen LogP contribution is 2.33. The number of fused-ring (bicyclic) bond motifs is 1. The molecule has 19 heavy (non-hydrogen) atoms. The highest BCUT2D eigenvalue weighted by molar-refractivity contribution is 6.17. The van der Waals surface area contributed by atoms with Crippen molar-refractivity contribution >= 4 is 23.1 Å². The Morgan fingerprint density at radius 1 is 1.21 bits per heavy atom. The van der Waals surface area contributed by atoms with E-state index in [4.69, 9.17) is 11.6 Å². The van der Waals surface area contributed by atoms with Gasteiger partial charge in [-0.3, -0.25) is 0 Å². The first-order chi connectivity index (χ1) is 9.40. The van der Waals surface area contributed by atoms with Crippen LogP contribution in [-0.2, 0) is 12.3 Å². The van der Waals surface area contributed by atoms with Crippen LogP contribution < -0.4 is 4.90 Å². The number of rotatable bonds is 2. The lowest BCUT2D eigenvalue weighted by Crippen LogP contribution is -2.20. The van der Waals surface area contributed by atoms with Gasteiger partial charge in [-0.2, -0.15) is 0 Å². The first-order valence-electron chi connectivity index (χ1n) is 6.60. The molecular weight excluding hydrogens is 258 g/mol. The Kier molecular flexibility index (Phi) is 3.65. The van der Waals surface area contributed by atoms with Crippen LogP contribution in [0.25, 0.3) is 0 Å². The number of nitrogens with zero attached hydrogens (tertiary/aromatic N) is 3. The van der Waals surface area contributed by atoms with Crippen molar-refractivity contribution in [1.29, 1.82) is 0 Å². The third kappa shape index (κ3) is 2.43. The fraction of sp³-hybridized carbons (Fsp3) is 0.333. The van der Waals surface area contributed by atoms with Gasteiger partial charge in [0.2, 0.25) is 0 Å². The molecule has 0 spiro atoms. The summed E-state index contributed by atoms with van der Waals surface area (Å²) in [4.78, 5) is 10.8. The molecular formula is C15H16ClN3. The van der Waals surface area contributed by atoms with Gasteiger partial charge >= 0.3 is 0 Å². The molecule has 0 saturated heterocycles. The number of para-hydroxylation sites is 1. The molecule has 4 heteroatoms. The average Bonchev–Trinajstić information content (AvgIpc) is 2.69. The normalized spacial score (nSPS) is 14.9. The minimum Gasteiger partial charge on any atom is -0.326 e. The highest BCUT2D eigenvalue weighted by Gasteiger charge is 2.19. The average molecular weight is 274 g/mol. The number of anilines is 2. The second kappa shape index (κ2) is 5.57. The van der Waals surface area contributed by atoms with Crippen LogP contribution in [0.2, 0.25) is 0 Å². The fourth-order valence-electron chi connectivity index (χ4n) is 2.60. The molecule has 0 unspecified atom stereocenters. The van der Waals surface area contributed by atoms with Crippen LogP contribution in [0.3, 0.4) is 0 Å². The zero-order valence-corrected chi connectivity index (χ0v) is 11.5. The van der Waals surface area contributed by atoms with Gasteiger partial charge in [-0.25, -0.2) is 9.97 Å². The number of benzene rings is 1. The molecule has 0 amide bonds. The van der Waals surface area contributed by atoms with E-state index in [1.54, 1.807) is 6.33 Å². The van der Waals surface area contributed by atoms with Crippen molar-refractivity contribution < 1.29 is 0 Å². The zero-order valence-electron chi connectivity index (χ0n) is 10.7. The quantitative estimate of drug-likeness (QED) is 0.782. The van der Waals surface area contributed by atoms with Gasteiger partial charge in [0, 0.05) is 24.0 Å². The molecule has 0 aliphatic carbocycles. The van der Waals surface area contributed by atoms with E-state index in [1.165, 1.54) is 24.1 Å². The van der Waals surface area contributed by atoms with E-state index in [0.717, 1.165) is 24.3 Å². The maximum atomic E-state index is 6.01. The summed E-state index contributed by atoms with van der Waals surface area (Å²) >= 11 is 6.01. The minimum atomic E-state index is 0.439. The third-order valence-electron chi connectivity index (χ3n) is 3.52. The predicted octanol–water partition coefficient (Wildman–Crippen LogP) is 3.69. The Labute approximate surface area is 118 Å². The molecule has 1 aromatic carbocycles. The van der Waals surface area contributed by atoms with Crippen molar-refractivity contribution in [1.82, 2.24) is 9.97 Å². The molecule has 2 aromatic rings. The van der Waals surface area contributed by atoms with Gasteiger partial charge in [-0.05, 0) is 30.9 Å². The first kappa shape index (κ1) is 12.4. The zero-order chi connectivity index (χ0) is 13.1. The topological polar surface area (TPSA) is 29.0 Å². The van der Waals surface area contributed by atoms with Crippen LogP contribution in [0.15, 0.2) is 36.8 Å². The van der Waals surface area contributed by atoms with Gasteiger partial charge < -0.3 is 4.90 Å². The Balaban J connectivity index is 2.09. The number of aryl methyl sites for hydroxylation is 1. The predicted molar refractivity (Wildman–Crippen MR) is 78.0 cm³/mol. The van der Waals surface area contributed by atoms with Crippen LogP contribution in [0.5, 0.6) is 0 Å². The third-order valence-corrected chi connectivity index (χ3v) is 3.81. The maximum Gasteiger partial charge on any atom is 0.140 e. The largest absolute Gasteiger partial charge is 0.326 e. The Bertz CT molecular complexity index is 571. The number of alkyl halides is 1. The summed E-state index contributed by atoms with van der Waals surface area (Å²) < 4.78 is 0. The van der Waals surface area contributed by atoms with Crippen LogP contribution in [0.1, 0.15) is 24.0 Å². The summed E-state index contributed by atoms with van der Waals surface area (Å²) in [5.41, 5.74) is 3.63. The van der Waals surface area contributed by atoms with Gasteiger partial charge in [0.05, 0.1) is 5.88 Å². The van der Waals surface area contributed by atoms with Crippen molar-refractivity contribution in [3.63, 3.8) is 0 Å². The lowest BCUT2D eigenvalue weighted by Gasteiger charge is -2.25. The standard InChI is InChI=1S/C15H16ClN3/c16-9-13-10-17-11-18-15(13)19-8-4-3-6-12-5-1-2-7-14(12)19/h1-2,5,7,10-11H,3-4,6,8-9H2. The first-order valence-corrected chi connectivity index (χ1v) is 7.14. The Morgan fingerprint density at radius 3 is 3.00 bits per heavy atom. The van der Waals surface area contributed by atoms with E-state index >= 15 is 0 Å². The van der Waals surface area contributed by atoms with Crippen LogP contribution in [-0.4, -0.2) is 16.5 Å². The second-order valence-corrected chi connectivity index (χ2v) is 5.01. The molecule has 98 valence electrons. The molecule has 0 radical (unpaired) electrons. The van der Waals surface area contributed by atoms with Gasteiger partial charge in [-0.15, -0.1) is 11.6 Å². The van der Waals surface area contributed by atoms with E-state index < -0.39 is 0 Å². The molecule has 3 nitrogen and oxygen atoms in total. The van der Waals surface area contributed by atoms with Gasteiger partial charge in [0.25, 0.3) is 0 Å². The maximum absolute atomic E-state index is 6.01. The molecule has 3 rings (SSSR count). The van der Waals surface area contributed by atoms with E-state index in [9.17, 15) is 0 Å². The fourth-order valence-corrected chi connectivity index (χ4v) is 2.79. The summed E-state index contributed by atoms with van der Waals surface area (Å²) in [5, 5.41) is 0. The molecule has 0 atom stereocenters. The molecule has 1 aliphatic heterocycles. The monoisotopic (exact) mass is 273 g/mol. The SMILES string of the molecule is ClCc1cncnc1N1CCCCc2ccccc21. The number of halogens is 1. The second-order valence-electron chi connectivity index (χ2n) is 4.74. The lowest BCUT2D eigenvalue weighted by atomic mass is 10.1. The summed E-state index contributed by atoms with van der Waals surface area (Å²) in [5.74, 6) is 1.38. The van der Waals surface area contributed by atoms with Crippen molar-refractivity contribution in [2.75, 3.05) is 11.4 Å². The van der Waals surface area contributed by atoms with Crippen molar-refractivity contribution in [3.8, 4) is 0 Å². The lowest BCUT2D eigenvalue weighted by molar-refractivity contribution is 0.756. The molecule has 0 saturated carbocycles. The summed E-state index contributed by atoms with van der Waals surface area (Å²) in [7, 11) is 0. The van der Waals surface area contributed by atoms with Crippen LogP contribution in [0.4, 0.5) is 11.5 Å². The van der Waals surface area contributed by atoms with Crippen LogP contribution >= 0.6 is 11.6 Å². The van der Waals surface area contributed by atoms with Crippen molar-refractivity contribution in [2.24, 2.45) is 0 Å². The summed E-state index contributed by atoms with van der Waals surface area (Å²) in [6, 6.07) is 8.56. The van der Waals surface area contributed by atoms with Gasteiger partial charge in [0.1, 0.15) is 12.1 Å². The summed E-state index contributed by atoms with van der Waals surface area (Å²) in [6.07, 6.45) is 6.92. The molecule has 2 heterocycles. The number of aromatic nitrogens is 2. The summed E-state index contributed by atoms with van der Waals surface area (Å²) in [6.45, 7) is 0.984. The molecule has 0 fully saturated rings. The number of hydrogen-bond acceptors (Lipinski definition) is 3. The molecule has 1 aromatic heterocycles. The van der Waals surface area contributed by atoms with E-state index in [1.807, 2.05) is 6.20 Å². The highest BCUT2D eigenvalue weighted by atomic mass is 35.5. The Hall–Kier alpha value is -1.61.